The van der Waals surface area contributed by atoms with Crippen LogP contribution in [-0.4, -0.2) is 22.8 Å². The van der Waals surface area contributed by atoms with Crippen molar-refractivity contribution in [1.82, 2.24) is 9.97 Å². The molecule has 0 unspecified atom stereocenters. The molecule has 2 aromatic carbocycles. The molecule has 0 amide bonds. The fraction of sp³-hybridized carbons (Fsp3) is 0.261. The quantitative estimate of drug-likeness (QED) is 0.427. The van der Waals surface area contributed by atoms with E-state index in [0.717, 1.165) is 23.3 Å². The van der Waals surface area contributed by atoms with Gasteiger partial charge in [0.15, 0.2) is 11.6 Å². The highest BCUT2D eigenvalue weighted by Crippen LogP contribution is 2.21. The molecule has 0 spiro atoms. The number of ether oxygens (including phenoxy) is 1. The van der Waals surface area contributed by atoms with Crippen molar-refractivity contribution in [3.8, 4) is 17.3 Å². The van der Waals surface area contributed by atoms with Gasteiger partial charge in [-0.3, -0.25) is 5.43 Å². The van der Waals surface area contributed by atoms with Crippen molar-refractivity contribution in [1.29, 1.82) is 0 Å². The summed E-state index contributed by atoms with van der Waals surface area (Å²) in [5.74, 6) is 1.67. The lowest BCUT2D eigenvalue weighted by Gasteiger charge is -2.08. The van der Waals surface area contributed by atoms with Gasteiger partial charge < -0.3 is 4.74 Å². The molecule has 28 heavy (non-hydrogen) atoms. The molecule has 5 heteroatoms. The predicted octanol–water partition coefficient (Wildman–Crippen LogP) is 5.33. The number of aromatic nitrogens is 2. The number of anilines is 1. The van der Waals surface area contributed by atoms with Crippen LogP contribution in [0.5, 0.6) is 5.88 Å². The van der Waals surface area contributed by atoms with Gasteiger partial charge in [-0.25, -0.2) is 4.98 Å². The number of methoxy groups -OCH3 is 1. The van der Waals surface area contributed by atoms with Crippen LogP contribution in [-0.2, 0) is 6.42 Å². The predicted molar refractivity (Wildman–Crippen MR) is 115 cm³/mol. The summed E-state index contributed by atoms with van der Waals surface area (Å²) in [5, 5.41) is 4.49. The summed E-state index contributed by atoms with van der Waals surface area (Å²) in [5.41, 5.74) is 7.29. The van der Waals surface area contributed by atoms with Gasteiger partial charge in [-0.2, -0.15) is 10.1 Å². The molecule has 1 N–H and O–H groups in total. The third kappa shape index (κ3) is 5.16. The number of hydrogen-bond donors (Lipinski definition) is 1. The molecule has 1 heterocycles. The number of hydrogen-bond acceptors (Lipinski definition) is 5. The van der Waals surface area contributed by atoms with Gasteiger partial charge in [-0.15, -0.1) is 0 Å². The molecule has 0 aliphatic carbocycles. The van der Waals surface area contributed by atoms with Gasteiger partial charge in [0.2, 0.25) is 5.88 Å². The van der Waals surface area contributed by atoms with Crippen LogP contribution < -0.4 is 10.2 Å². The number of unbranched alkanes of at least 4 members (excludes halogenated alkanes) is 1. The highest BCUT2D eigenvalue weighted by Gasteiger charge is 2.07. The van der Waals surface area contributed by atoms with Crippen molar-refractivity contribution in [3.63, 3.8) is 0 Å². The lowest BCUT2D eigenvalue weighted by atomic mass is 10.0. The largest absolute Gasteiger partial charge is 0.481 e. The Bertz CT molecular complexity index is 921. The Hall–Kier alpha value is -3.21. The zero-order valence-corrected chi connectivity index (χ0v) is 16.6. The molecule has 0 aliphatic heterocycles. The average Bonchev–Trinajstić information content (AvgIpc) is 2.76. The summed E-state index contributed by atoms with van der Waals surface area (Å²) in [6, 6.07) is 20.1. The topological polar surface area (TPSA) is 59.4 Å². The molecule has 5 nitrogen and oxygen atoms in total. The van der Waals surface area contributed by atoms with Gasteiger partial charge in [0.25, 0.3) is 0 Å². The van der Waals surface area contributed by atoms with Crippen LogP contribution in [0, 0.1) is 0 Å². The van der Waals surface area contributed by atoms with E-state index in [1.807, 2.05) is 37.3 Å². The molecule has 3 rings (SSSR count). The zero-order valence-electron chi connectivity index (χ0n) is 16.6. The SMILES string of the molecule is CCCCc1ccc(C(C)=NNc2cc(OC)nc(-c3ccccc3)n2)cc1. The fourth-order valence-corrected chi connectivity index (χ4v) is 2.80. The van der Waals surface area contributed by atoms with Gasteiger partial charge in [0, 0.05) is 11.6 Å². The average molecular weight is 374 g/mol. The van der Waals surface area contributed by atoms with Crippen LogP contribution in [0.3, 0.4) is 0 Å². The Morgan fingerprint density at radius 3 is 2.46 bits per heavy atom. The van der Waals surface area contributed by atoms with Crippen molar-refractivity contribution in [2.45, 2.75) is 33.1 Å². The van der Waals surface area contributed by atoms with Crippen LogP contribution in [0.25, 0.3) is 11.4 Å². The second kappa shape index (κ2) is 9.65. The summed E-state index contributed by atoms with van der Waals surface area (Å²) >= 11 is 0. The Morgan fingerprint density at radius 2 is 1.79 bits per heavy atom. The second-order valence-electron chi connectivity index (χ2n) is 6.59. The summed E-state index contributed by atoms with van der Waals surface area (Å²) in [6.07, 6.45) is 3.54. The maximum absolute atomic E-state index is 5.31. The Morgan fingerprint density at radius 1 is 1.04 bits per heavy atom. The van der Waals surface area contributed by atoms with Crippen LogP contribution in [0.15, 0.2) is 65.8 Å². The van der Waals surface area contributed by atoms with Crippen molar-refractivity contribution in [2.75, 3.05) is 12.5 Å². The third-order valence-electron chi connectivity index (χ3n) is 4.47. The first-order valence-electron chi connectivity index (χ1n) is 9.57. The van der Waals surface area contributed by atoms with Gasteiger partial charge in [-0.05, 0) is 30.9 Å². The third-order valence-corrected chi connectivity index (χ3v) is 4.47. The number of rotatable bonds is 8. The molecule has 1 aromatic heterocycles. The molecule has 0 radical (unpaired) electrons. The minimum absolute atomic E-state index is 0.490. The van der Waals surface area contributed by atoms with Gasteiger partial charge in [0.1, 0.15) is 0 Å². The van der Waals surface area contributed by atoms with Crippen molar-refractivity contribution >= 4 is 11.5 Å². The molecule has 3 aromatic rings. The summed E-state index contributed by atoms with van der Waals surface area (Å²) < 4.78 is 5.31. The standard InChI is InChI=1S/C23H26N4O/c1-4-5-9-18-12-14-19(15-13-18)17(2)26-27-21-16-22(28-3)25-23(24-21)20-10-7-6-8-11-20/h6-8,10-16H,4-5,9H2,1-3H3,(H,24,25,27). The molecule has 0 saturated carbocycles. The first-order valence-corrected chi connectivity index (χ1v) is 9.57. The van der Waals surface area contributed by atoms with Gasteiger partial charge >= 0.3 is 0 Å². The molecule has 0 aliphatic rings. The van der Waals surface area contributed by atoms with Crippen molar-refractivity contribution < 1.29 is 4.74 Å². The highest BCUT2D eigenvalue weighted by molar-refractivity contribution is 5.99. The van der Waals surface area contributed by atoms with E-state index in [4.69, 9.17) is 4.74 Å². The van der Waals surface area contributed by atoms with Gasteiger partial charge in [0.05, 0.1) is 12.8 Å². The number of nitrogens with one attached hydrogen (secondary N) is 1. The molecular formula is C23H26N4O. The lowest BCUT2D eigenvalue weighted by Crippen LogP contribution is -2.03. The minimum Gasteiger partial charge on any atom is -0.481 e. The highest BCUT2D eigenvalue weighted by atomic mass is 16.5. The maximum Gasteiger partial charge on any atom is 0.218 e. The van der Waals surface area contributed by atoms with Crippen molar-refractivity contribution in [2.24, 2.45) is 5.10 Å². The smallest absolute Gasteiger partial charge is 0.218 e. The van der Waals surface area contributed by atoms with Crippen LogP contribution in [0.1, 0.15) is 37.8 Å². The van der Waals surface area contributed by atoms with E-state index in [1.54, 1.807) is 13.2 Å². The summed E-state index contributed by atoms with van der Waals surface area (Å²) in [6.45, 7) is 4.19. The van der Waals surface area contributed by atoms with E-state index in [0.29, 0.717) is 17.5 Å². The summed E-state index contributed by atoms with van der Waals surface area (Å²) in [7, 11) is 1.59. The zero-order chi connectivity index (χ0) is 19.8. The number of aryl methyl sites for hydroxylation is 1. The van der Waals surface area contributed by atoms with Crippen LogP contribution in [0.4, 0.5) is 5.82 Å². The van der Waals surface area contributed by atoms with Crippen LogP contribution in [0.2, 0.25) is 0 Å². The van der Waals surface area contributed by atoms with E-state index < -0.39 is 0 Å². The van der Waals surface area contributed by atoms with Crippen LogP contribution >= 0.6 is 0 Å². The van der Waals surface area contributed by atoms with E-state index in [9.17, 15) is 0 Å². The first-order chi connectivity index (χ1) is 13.7. The molecule has 144 valence electrons. The van der Waals surface area contributed by atoms with E-state index in [2.05, 4.69) is 51.7 Å². The molecule has 0 bridgehead atoms. The number of benzene rings is 2. The first kappa shape index (κ1) is 19.5. The van der Waals surface area contributed by atoms with Gasteiger partial charge in [-0.1, -0.05) is 67.9 Å². The Kier molecular flexibility index (Phi) is 6.73. The Balaban J connectivity index is 1.77. The monoisotopic (exact) mass is 374 g/mol. The van der Waals surface area contributed by atoms with Crippen molar-refractivity contribution in [3.05, 3.63) is 71.8 Å². The lowest BCUT2D eigenvalue weighted by molar-refractivity contribution is 0.398. The molecule has 0 atom stereocenters. The van der Waals surface area contributed by atoms with E-state index in [-0.39, 0.29) is 0 Å². The fourth-order valence-electron chi connectivity index (χ4n) is 2.80. The Labute approximate surface area is 166 Å². The molecule has 0 fully saturated rings. The molecule has 0 saturated heterocycles. The van der Waals surface area contributed by atoms with E-state index >= 15 is 0 Å². The summed E-state index contributed by atoms with van der Waals surface area (Å²) in [4.78, 5) is 8.98. The van der Waals surface area contributed by atoms with E-state index in [1.165, 1.54) is 18.4 Å². The number of nitrogens with zero attached hydrogens (tertiary/aromatic N) is 3. The normalized spacial score (nSPS) is 11.3. The number of hydrazone groups is 1. The maximum atomic E-state index is 5.31. The minimum atomic E-state index is 0.490. The second-order valence-corrected chi connectivity index (χ2v) is 6.59. The molecular weight excluding hydrogens is 348 g/mol.